The molecule has 0 aliphatic rings. The third-order valence-electron chi connectivity index (χ3n) is 2.93. The molecule has 0 saturated heterocycles. The number of rotatable bonds is 6. The summed E-state index contributed by atoms with van der Waals surface area (Å²) < 4.78 is 5.95. The number of carbonyl (C=O) groups is 1. The third kappa shape index (κ3) is 3.81. The van der Waals surface area contributed by atoms with Gasteiger partial charge in [0.1, 0.15) is 0 Å². The number of hydrogen-bond acceptors (Lipinski definition) is 5. The molecule has 0 unspecified atom stereocenters. The Hall–Kier alpha value is -1.85. The molecule has 1 aromatic rings. The maximum Gasteiger partial charge on any atom is 0.330 e. The van der Waals surface area contributed by atoms with Gasteiger partial charge in [-0.1, -0.05) is 19.8 Å². The first-order chi connectivity index (χ1) is 9.01. The number of carbonyl (C=O) groups excluding carboxylic acids is 1. The smallest absolute Gasteiger partial charge is 0.330 e. The second-order valence-electron chi connectivity index (χ2n) is 4.57. The van der Waals surface area contributed by atoms with Gasteiger partial charge in [-0.2, -0.15) is 5.10 Å². The van der Waals surface area contributed by atoms with E-state index in [1.807, 2.05) is 21.0 Å². The molecule has 1 rings (SSSR count). The molecule has 0 amide bonds. The van der Waals surface area contributed by atoms with E-state index in [2.05, 4.69) is 5.10 Å². The summed E-state index contributed by atoms with van der Waals surface area (Å²) in [4.78, 5) is 25.6. The molecule has 19 heavy (non-hydrogen) atoms. The van der Waals surface area contributed by atoms with E-state index in [4.69, 9.17) is 4.74 Å². The topological polar surface area (TPSA) is 64.4 Å². The molecule has 0 radical (unpaired) electrons. The fourth-order valence-corrected chi connectivity index (χ4v) is 1.76. The Balaban J connectivity index is 3.08. The summed E-state index contributed by atoms with van der Waals surface area (Å²) in [7, 11) is 4.98. The molecule has 6 heteroatoms. The van der Waals surface area contributed by atoms with Crippen LogP contribution in [0.5, 0.6) is 0 Å². The largest absolute Gasteiger partial charge is 0.467 e. The van der Waals surface area contributed by atoms with Gasteiger partial charge in [0.25, 0.3) is 5.56 Å². The maximum absolute atomic E-state index is 12.0. The molecule has 0 fully saturated rings. The van der Waals surface area contributed by atoms with E-state index in [0.717, 1.165) is 12.8 Å². The second kappa shape index (κ2) is 6.92. The minimum atomic E-state index is -0.645. The van der Waals surface area contributed by atoms with Gasteiger partial charge in [0.05, 0.1) is 19.0 Å². The maximum atomic E-state index is 12.0. The average Bonchev–Trinajstić information content (AvgIpc) is 2.39. The van der Waals surface area contributed by atoms with Crippen molar-refractivity contribution >= 4 is 11.7 Å². The van der Waals surface area contributed by atoms with Crippen LogP contribution in [0, 0.1) is 0 Å². The Morgan fingerprint density at radius 1 is 1.53 bits per heavy atom. The summed E-state index contributed by atoms with van der Waals surface area (Å²) >= 11 is 0. The first-order valence-corrected chi connectivity index (χ1v) is 6.35. The number of unbranched alkanes of at least 4 members (excludes halogenated alkanes) is 1. The molecule has 1 atom stereocenters. The minimum absolute atomic E-state index is 0.294. The Morgan fingerprint density at radius 2 is 2.21 bits per heavy atom. The predicted octanol–water partition coefficient (Wildman–Crippen LogP) is 1.21. The first kappa shape index (κ1) is 15.2. The lowest BCUT2D eigenvalue weighted by molar-refractivity contribution is -0.145. The monoisotopic (exact) mass is 267 g/mol. The van der Waals surface area contributed by atoms with Gasteiger partial charge >= 0.3 is 5.97 Å². The van der Waals surface area contributed by atoms with Crippen molar-refractivity contribution in [2.75, 3.05) is 26.1 Å². The Morgan fingerprint density at radius 3 is 2.68 bits per heavy atom. The highest BCUT2D eigenvalue weighted by Gasteiger charge is 2.22. The van der Waals surface area contributed by atoms with Crippen molar-refractivity contribution in [2.24, 2.45) is 0 Å². The fourth-order valence-electron chi connectivity index (χ4n) is 1.76. The summed E-state index contributed by atoms with van der Waals surface area (Å²) in [5.41, 5.74) is 0.415. The van der Waals surface area contributed by atoms with Gasteiger partial charge in [-0.3, -0.25) is 4.79 Å². The van der Waals surface area contributed by atoms with Crippen molar-refractivity contribution in [3.8, 4) is 0 Å². The van der Waals surface area contributed by atoms with Crippen LogP contribution in [0.25, 0.3) is 0 Å². The van der Waals surface area contributed by atoms with E-state index in [0.29, 0.717) is 12.1 Å². The molecule has 106 valence electrons. The van der Waals surface area contributed by atoms with E-state index in [-0.39, 0.29) is 5.56 Å². The Labute approximate surface area is 113 Å². The zero-order valence-corrected chi connectivity index (χ0v) is 11.9. The third-order valence-corrected chi connectivity index (χ3v) is 2.93. The van der Waals surface area contributed by atoms with Gasteiger partial charge in [0.15, 0.2) is 6.04 Å². The number of anilines is 1. The quantitative estimate of drug-likeness (QED) is 0.725. The Bertz CT molecular complexity index is 482. The summed E-state index contributed by atoms with van der Waals surface area (Å²) in [5.74, 6) is -0.430. The van der Waals surface area contributed by atoms with Crippen LogP contribution in [0.4, 0.5) is 5.69 Å². The molecular weight excluding hydrogens is 246 g/mol. The zero-order chi connectivity index (χ0) is 14.4. The molecule has 0 aromatic carbocycles. The molecule has 0 saturated carbocycles. The van der Waals surface area contributed by atoms with E-state index in [9.17, 15) is 9.59 Å². The van der Waals surface area contributed by atoms with Crippen molar-refractivity contribution in [3.05, 3.63) is 22.6 Å². The van der Waals surface area contributed by atoms with Gasteiger partial charge in [-0.05, 0) is 6.42 Å². The number of methoxy groups -OCH3 is 1. The van der Waals surface area contributed by atoms with Crippen LogP contribution < -0.4 is 10.5 Å². The number of nitrogens with zero attached hydrogens (tertiary/aromatic N) is 3. The molecule has 0 bridgehead atoms. The van der Waals surface area contributed by atoms with Crippen molar-refractivity contribution in [3.63, 3.8) is 0 Å². The highest BCUT2D eigenvalue weighted by Crippen LogP contribution is 2.15. The van der Waals surface area contributed by atoms with Crippen LogP contribution >= 0.6 is 0 Å². The number of ether oxygens (including phenoxy) is 1. The molecule has 0 aliphatic carbocycles. The number of hydrogen-bond donors (Lipinski definition) is 0. The van der Waals surface area contributed by atoms with Gasteiger partial charge < -0.3 is 9.64 Å². The SMILES string of the molecule is CCCC[C@@H](C(=O)OC)n1ncc(N(C)C)cc1=O. The highest BCUT2D eigenvalue weighted by molar-refractivity contribution is 5.73. The van der Waals surface area contributed by atoms with E-state index in [1.165, 1.54) is 17.9 Å². The first-order valence-electron chi connectivity index (χ1n) is 6.35. The zero-order valence-electron chi connectivity index (χ0n) is 11.9. The highest BCUT2D eigenvalue weighted by atomic mass is 16.5. The van der Waals surface area contributed by atoms with E-state index >= 15 is 0 Å². The summed E-state index contributed by atoms with van der Waals surface area (Å²) in [6, 6.07) is 0.822. The van der Waals surface area contributed by atoms with E-state index in [1.54, 1.807) is 11.1 Å². The standard InChI is InChI=1S/C13H21N3O3/c1-5-6-7-11(13(18)19-4)16-12(17)8-10(9-14-16)15(2)3/h8-9,11H,5-7H2,1-4H3/t11-/m0/s1. The molecule has 0 N–H and O–H groups in total. The van der Waals surface area contributed by atoms with Crippen LogP contribution in [-0.2, 0) is 9.53 Å². The molecule has 0 aliphatic heterocycles. The Kier molecular flexibility index (Phi) is 5.54. The van der Waals surface area contributed by atoms with Gasteiger partial charge in [-0.25, -0.2) is 9.48 Å². The van der Waals surface area contributed by atoms with Crippen molar-refractivity contribution in [1.82, 2.24) is 9.78 Å². The minimum Gasteiger partial charge on any atom is -0.467 e. The predicted molar refractivity (Wildman–Crippen MR) is 73.4 cm³/mol. The molecule has 6 nitrogen and oxygen atoms in total. The van der Waals surface area contributed by atoms with Crippen molar-refractivity contribution in [1.29, 1.82) is 0 Å². The lowest BCUT2D eigenvalue weighted by Crippen LogP contribution is -2.33. The van der Waals surface area contributed by atoms with Crippen LogP contribution in [0.2, 0.25) is 0 Å². The summed E-state index contributed by atoms with van der Waals surface area (Å²) in [5, 5.41) is 4.08. The summed E-state index contributed by atoms with van der Waals surface area (Å²) in [6.07, 6.45) is 3.90. The van der Waals surface area contributed by atoms with Gasteiger partial charge in [0.2, 0.25) is 0 Å². The van der Waals surface area contributed by atoms with Gasteiger partial charge in [-0.15, -0.1) is 0 Å². The average molecular weight is 267 g/mol. The molecule has 1 aromatic heterocycles. The van der Waals surface area contributed by atoms with Crippen LogP contribution in [0.15, 0.2) is 17.1 Å². The number of esters is 1. The molecule has 1 heterocycles. The van der Waals surface area contributed by atoms with Crippen molar-refractivity contribution < 1.29 is 9.53 Å². The van der Waals surface area contributed by atoms with Crippen LogP contribution in [0.3, 0.4) is 0 Å². The number of aromatic nitrogens is 2. The fraction of sp³-hybridized carbons (Fsp3) is 0.615. The van der Waals surface area contributed by atoms with Crippen LogP contribution in [0.1, 0.15) is 32.2 Å². The van der Waals surface area contributed by atoms with Crippen LogP contribution in [-0.4, -0.2) is 37.0 Å². The summed E-state index contributed by atoms with van der Waals surface area (Å²) in [6.45, 7) is 2.03. The normalized spacial score (nSPS) is 12.0. The van der Waals surface area contributed by atoms with Gasteiger partial charge in [0, 0.05) is 20.2 Å². The van der Waals surface area contributed by atoms with Crippen molar-refractivity contribution in [2.45, 2.75) is 32.2 Å². The lowest BCUT2D eigenvalue weighted by Gasteiger charge is -2.17. The molecular formula is C13H21N3O3. The lowest BCUT2D eigenvalue weighted by atomic mass is 10.1. The molecule has 0 spiro atoms. The second-order valence-corrected chi connectivity index (χ2v) is 4.57. The van der Waals surface area contributed by atoms with E-state index < -0.39 is 12.0 Å².